The highest BCUT2D eigenvalue weighted by atomic mass is 19.2. The minimum atomic E-state index is -1.50. The third-order valence-corrected chi connectivity index (χ3v) is 2.47. The number of furan rings is 1. The molecule has 0 aliphatic rings. The molecule has 90 valence electrons. The molecular formula is C12H10F3NO. The Balaban J connectivity index is 2.25. The molecule has 0 bridgehead atoms. The van der Waals surface area contributed by atoms with Crippen LogP contribution in [0.3, 0.4) is 0 Å². The molecule has 1 aromatic heterocycles. The van der Waals surface area contributed by atoms with Gasteiger partial charge in [-0.25, -0.2) is 13.2 Å². The SMILES string of the molecule is NC(Cc1ccco1)c1ccc(F)c(F)c1F. The number of benzene rings is 1. The summed E-state index contributed by atoms with van der Waals surface area (Å²) in [5.74, 6) is -3.42. The van der Waals surface area contributed by atoms with Crippen LogP contribution < -0.4 is 5.73 Å². The predicted octanol–water partition coefficient (Wildman–Crippen LogP) is 2.94. The quantitative estimate of drug-likeness (QED) is 0.839. The van der Waals surface area contributed by atoms with Crippen molar-refractivity contribution in [2.24, 2.45) is 5.73 Å². The van der Waals surface area contributed by atoms with Gasteiger partial charge in [0.25, 0.3) is 0 Å². The molecule has 2 aromatic rings. The average Bonchev–Trinajstić information content (AvgIpc) is 2.78. The van der Waals surface area contributed by atoms with Crippen LogP contribution in [0.25, 0.3) is 0 Å². The van der Waals surface area contributed by atoms with E-state index in [4.69, 9.17) is 10.2 Å². The maximum Gasteiger partial charge on any atom is 0.194 e. The first-order chi connectivity index (χ1) is 8.09. The molecular weight excluding hydrogens is 231 g/mol. The zero-order valence-corrected chi connectivity index (χ0v) is 8.79. The molecule has 1 atom stereocenters. The van der Waals surface area contributed by atoms with Crippen LogP contribution in [-0.4, -0.2) is 0 Å². The van der Waals surface area contributed by atoms with E-state index in [1.165, 1.54) is 6.26 Å². The van der Waals surface area contributed by atoms with Crippen LogP contribution in [0, 0.1) is 17.5 Å². The first-order valence-electron chi connectivity index (χ1n) is 5.01. The summed E-state index contributed by atoms with van der Waals surface area (Å²) in [6, 6.07) is 4.56. The lowest BCUT2D eigenvalue weighted by molar-refractivity contribution is 0.429. The summed E-state index contributed by atoms with van der Waals surface area (Å²) in [5.41, 5.74) is 5.65. The zero-order chi connectivity index (χ0) is 12.4. The third kappa shape index (κ3) is 2.34. The van der Waals surface area contributed by atoms with Gasteiger partial charge in [0.2, 0.25) is 0 Å². The van der Waals surface area contributed by atoms with Crippen LogP contribution >= 0.6 is 0 Å². The summed E-state index contributed by atoms with van der Waals surface area (Å²) in [5, 5.41) is 0. The van der Waals surface area contributed by atoms with Gasteiger partial charge >= 0.3 is 0 Å². The van der Waals surface area contributed by atoms with Crippen molar-refractivity contribution in [3.63, 3.8) is 0 Å². The fourth-order valence-electron chi connectivity index (χ4n) is 1.58. The van der Waals surface area contributed by atoms with Crippen LogP contribution in [0.15, 0.2) is 34.9 Å². The van der Waals surface area contributed by atoms with Crippen LogP contribution in [0.1, 0.15) is 17.4 Å². The van der Waals surface area contributed by atoms with Gasteiger partial charge in [-0.05, 0) is 18.2 Å². The van der Waals surface area contributed by atoms with Crippen LogP contribution in [0.5, 0.6) is 0 Å². The fraction of sp³-hybridized carbons (Fsp3) is 0.167. The van der Waals surface area contributed by atoms with E-state index >= 15 is 0 Å². The lowest BCUT2D eigenvalue weighted by Gasteiger charge is -2.12. The van der Waals surface area contributed by atoms with Crippen molar-refractivity contribution in [3.05, 3.63) is 59.3 Å². The van der Waals surface area contributed by atoms with Gasteiger partial charge in [-0.3, -0.25) is 0 Å². The average molecular weight is 241 g/mol. The standard InChI is InChI=1S/C12H10F3NO/c13-9-4-3-8(11(14)12(9)15)10(16)6-7-2-1-5-17-7/h1-5,10H,6,16H2. The molecule has 0 saturated heterocycles. The summed E-state index contributed by atoms with van der Waals surface area (Å²) in [6.45, 7) is 0. The number of rotatable bonds is 3. The molecule has 0 radical (unpaired) electrons. The van der Waals surface area contributed by atoms with Crippen molar-refractivity contribution in [1.82, 2.24) is 0 Å². The molecule has 1 aromatic carbocycles. The van der Waals surface area contributed by atoms with Gasteiger partial charge in [-0.15, -0.1) is 0 Å². The lowest BCUT2D eigenvalue weighted by Crippen LogP contribution is -2.16. The molecule has 5 heteroatoms. The van der Waals surface area contributed by atoms with Crippen molar-refractivity contribution >= 4 is 0 Å². The highest BCUT2D eigenvalue weighted by Crippen LogP contribution is 2.22. The first kappa shape index (κ1) is 11.7. The van der Waals surface area contributed by atoms with E-state index in [0.29, 0.717) is 5.76 Å². The Hall–Kier alpha value is -1.75. The van der Waals surface area contributed by atoms with Gasteiger partial charge in [-0.1, -0.05) is 6.07 Å². The molecule has 2 N–H and O–H groups in total. The summed E-state index contributed by atoms with van der Waals surface area (Å²) in [6.07, 6.45) is 1.68. The van der Waals surface area contributed by atoms with E-state index in [0.717, 1.165) is 12.1 Å². The van der Waals surface area contributed by atoms with Crippen molar-refractivity contribution < 1.29 is 17.6 Å². The molecule has 2 rings (SSSR count). The van der Waals surface area contributed by atoms with Crippen LogP contribution in [0.4, 0.5) is 13.2 Å². The maximum atomic E-state index is 13.4. The van der Waals surface area contributed by atoms with Gasteiger partial charge in [0.05, 0.1) is 6.26 Å². The maximum absolute atomic E-state index is 13.4. The fourth-order valence-corrected chi connectivity index (χ4v) is 1.58. The first-order valence-corrected chi connectivity index (χ1v) is 5.01. The number of halogens is 3. The molecule has 0 fully saturated rings. The van der Waals surface area contributed by atoms with E-state index < -0.39 is 23.5 Å². The van der Waals surface area contributed by atoms with Gasteiger partial charge in [0.15, 0.2) is 17.5 Å². The van der Waals surface area contributed by atoms with E-state index in [9.17, 15) is 13.2 Å². The summed E-state index contributed by atoms with van der Waals surface area (Å²) in [7, 11) is 0. The minimum absolute atomic E-state index is 0.0692. The molecule has 1 unspecified atom stereocenters. The van der Waals surface area contributed by atoms with E-state index in [-0.39, 0.29) is 12.0 Å². The van der Waals surface area contributed by atoms with Gasteiger partial charge in [-0.2, -0.15) is 0 Å². The molecule has 1 heterocycles. The Morgan fingerprint density at radius 3 is 2.53 bits per heavy atom. The highest BCUT2D eigenvalue weighted by Gasteiger charge is 2.19. The predicted molar refractivity (Wildman–Crippen MR) is 55.7 cm³/mol. The molecule has 0 amide bonds. The zero-order valence-electron chi connectivity index (χ0n) is 8.79. The highest BCUT2D eigenvalue weighted by molar-refractivity contribution is 5.24. The Labute approximate surface area is 95.8 Å². The van der Waals surface area contributed by atoms with E-state index in [2.05, 4.69) is 0 Å². The second-order valence-corrected chi connectivity index (χ2v) is 3.65. The van der Waals surface area contributed by atoms with Crippen LogP contribution in [0.2, 0.25) is 0 Å². The van der Waals surface area contributed by atoms with Crippen LogP contribution in [-0.2, 0) is 6.42 Å². The minimum Gasteiger partial charge on any atom is -0.469 e. The smallest absolute Gasteiger partial charge is 0.194 e. The summed E-state index contributed by atoms with van der Waals surface area (Å²) >= 11 is 0. The Morgan fingerprint density at radius 2 is 1.88 bits per heavy atom. The third-order valence-electron chi connectivity index (χ3n) is 2.47. The number of nitrogens with two attached hydrogens (primary N) is 1. The molecule has 17 heavy (non-hydrogen) atoms. The number of hydrogen-bond acceptors (Lipinski definition) is 2. The van der Waals surface area contributed by atoms with Crippen molar-refractivity contribution in [2.45, 2.75) is 12.5 Å². The molecule has 2 nitrogen and oxygen atoms in total. The number of hydrogen-bond donors (Lipinski definition) is 1. The molecule has 0 spiro atoms. The Morgan fingerprint density at radius 1 is 1.12 bits per heavy atom. The second kappa shape index (κ2) is 4.63. The van der Waals surface area contributed by atoms with Crippen molar-refractivity contribution in [3.8, 4) is 0 Å². The summed E-state index contributed by atoms with van der Waals surface area (Å²) < 4.78 is 44.2. The Bertz CT molecular complexity index is 511. The molecule has 0 saturated carbocycles. The van der Waals surface area contributed by atoms with E-state index in [1.807, 2.05) is 0 Å². The van der Waals surface area contributed by atoms with Crippen molar-refractivity contribution in [2.75, 3.05) is 0 Å². The largest absolute Gasteiger partial charge is 0.469 e. The van der Waals surface area contributed by atoms with Gasteiger partial charge in [0, 0.05) is 18.0 Å². The Kier molecular flexibility index (Phi) is 3.19. The topological polar surface area (TPSA) is 39.2 Å². The van der Waals surface area contributed by atoms with E-state index in [1.54, 1.807) is 12.1 Å². The molecule has 0 aliphatic carbocycles. The summed E-state index contributed by atoms with van der Waals surface area (Å²) in [4.78, 5) is 0. The van der Waals surface area contributed by atoms with Gasteiger partial charge < -0.3 is 10.2 Å². The lowest BCUT2D eigenvalue weighted by atomic mass is 10.0. The van der Waals surface area contributed by atoms with Gasteiger partial charge in [0.1, 0.15) is 5.76 Å². The monoisotopic (exact) mass is 241 g/mol. The second-order valence-electron chi connectivity index (χ2n) is 3.65. The molecule has 0 aliphatic heterocycles. The normalized spacial score (nSPS) is 12.7. The van der Waals surface area contributed by atoms with Crippen molar-refractivity contribution in [1.29, 1.82) is 0 Å².